The highest BCUT2D eigenvalue weighted by Gasteiger charge is 2.21. The van der Waals surface area contributed by atoms with E-state index in [-0.39, 0.29) is 0 Å². The number of ether oxygens (including phenoxy) is 3. The van der Waals surface area contributed by atoms with Gasteiger partial charge in [0.25, 0.3) is 0 Å². The molecular weight excluding hydrogens is 340 g/mol. The first-order chi connectivity index (χ1) is 13.2. The molecule has 0 aliphatic carbocycles. The summed E-state index contributed by atoms with van der Waals surface area (Å²) in [6.07, 6.45) is 2.19. The summed E-state index contributed by atoms with van der Waals surface area (Å²) in [5, 5.41) is 0. The first-order valence-electron chi connectivity index (χ1n) is 8.86. The van der Waals surface area contributed by atoms with Crippen LogP contribution in [-0.2, 0) is 6.54 Å². The van der Waals surface area contributed by atoms with Crippen LogP contribution < -0.4 is 14.2 Å². The van der Waals surface area contributed by atoms with Crippen LogP contribution in [0.5, 0.6) is 17.2 Å². The van der Waals surface area contributed by atoms with Gasteiger partial charge in [-0.05, 0) is 23.8 Å². The number of aromatic nitrogens is 1. The van der Waals surface area contributed by atoms with Crippen LogP contribution in [0, 0.1) is 0 Å². The summed E-state index contributed by atoms with van der Waals surface area (Å²) < 4.78 is 18.7. The smallest absolute Gasteiger partial charge is 0.203 e. The van der Waals surface area contributed by atoms with Crippen LogP contribution >= 0.6 is 0 Å². The van der Waals surface area contributed by atoms with Crippen molar-refractivity contribution in [3.8, 4) is 28.4 Å². The lowest BCUT2D eigenvalue weighted by molar-refractivity contribution is 0.324. The van der Waals surface area contributed by atoms with Gasteiger partial charge in [-0.15, -0.1) is 0 Å². The molecule has 4 rings (SSSR count). The summed E-state index contributed by atoms with van der Waals surface area (Å²) in [4.78, 5) is 4.80. The molecule has 0 atom stereocenters. The number of methoxy groups -OCH3 is 3. The van der Waals surface area contributed by atoms with E-state index in [9.17, 15) is 0 Å². The predicted octanol–water partition coefficient (Wildman–Crippen LogP) is 4.03. The second-order valence-electron chi connectivity index (χ2n) is 6.32. The normalized spacial score (nSPS) is 12.9. The van der Waals surface area contributed by atoms with Crippen LogP contribution in [0.2, 0.25) is 0 Å². The molecule has 2 aromatic carbocycles. The van der Waals surface area contributed by atoms with Crippen molar-refractivity contribution in [2.75, 3.05) is 27.9 Å². The van der Waals surface area contributed by atoms with Crippen LogP contribution in [-0.4, -0.2) is 38.2 Å². The molecule has 5 nitrogen and oxygen atoms in total. The maximum absolute atomic E-state index is 5.51. The molecule has 1 aliphatic rings. The van der Waals surface area contributed by atoms with Crippen molar-refractivity contribution in [2.45, 2.75) is 6.54 Å². The monoisotopic (exact) mass is 362 g/mol. The summed E-state index contributed by atoms with van der Waals surface area (Å²) in [5.74, 6) is 1.84. The molecule has 1 aromatic heterocycles. The van der Waals surface area contributed by atoms with Crippen molar-refractivity contribution in [3.63, 3.8) is 0 Å². The van der Waals surface area contributed by atoms with Crippen molar-refractivity contribution in [1.29, 1.82) is 0 Å². The molecule has 2 heterocycles. The van der Waals surface area contributed by atoms with E-state index < -0.39 is 0 Å². The Kier molecular flexibility index (Phi) is 4.59. The number of fused-ring (bicyclic) bond motifs is 1. The SMILES string of the molecule is COc1cc(C2=NCCn3cc(-c4ccccc4)cc32)cc(OC)c1OC. The standard InChI is InChI=1S/C22H22N2O3/c1-25-19-12-16(13-20(26-2)22(19)27-3)21-18-11-17(14-24(18)10-9-23-21)15-7-5-4-6-8-15/h4-8,11-14H,9-10H2,1-3H3. The first-order valence-corrected chi connectivity index (χ1v) is 8.86. The summed E-state index contributed by atoms with van der Waals surface area (Å²) in [5.41, 5.74) is 5.36. The average Bonchev–Trinajstić information content (AvgIpc) is 3.17. The van der Waals surface area contributed by atoms with Crippen molar-refractivity contribution in [1.82, 2.24) is 4.57 Å². The molecule has 27 heavy (non-hydrogen) atoms. The van der Waals surface area contributed by atoms with E-state index in [0.29, 0.717) is 17.2 Å². The van der Waals surface area contributed by atoms with Gasteiger partial charge in [-0.3, -0.25) is 4.99 Å². The zero-order valence-corrected chi connectivity index (χ0v) is 15.7. The topological polar surface area (TPSA) is 45.0 Å². The van der Waals surface area contributed by atoms with E-state index >= 15 is 0 Å². The maximum atomic E-state index is 5.51. The minimum Gasteiger partial charge on any atom is -0.493 e. The van der Waals surface area contributed by atoms with Crippen LogP contribution in [0.3, 0.4) is 0 Å². The lowest BCUT2D eigenvalue weighted by Gasteiger charge is -2.19. The summed E-state index contributed by atoms with van der Waals surface area (Å²) in [7, 11) is 4.86. The third-order valence-corrected chi connectivity index (χ3v) is 4.80. The fourth-order valence-corrected chi connectivity index (χ4v) is 3.49. The molecule has 138 valence electrons. The Morgan fingerprint density at radius 3 is 2.15 bits per heavy atom. The fraction of sp³-hybridized carbons (Fsp3) is 0.227. The zero-order chi connectivity index (χ0) is 18.8. The van der Waals surface area contributed by atoms with Crippen molar-refractivity contribution in [2.24, 2.45) is 4.99 Å². The van der Waals surface area contributed by atoms with Gasteiger partial charge in [0.15, 0.2) is 11.5 Å². The second kappa shape index (κ2) is 7.19. The number of hydrogen-bond acceptors (Lipinski definition) is 4. The molecule has 0 amide bonds. The van der Waals surface area contributed by atoms with E-state index in [4.69, 9.17) is 19.2 Å². The van der Waals surface area contributed by atoms with Gasteiger partial charge in [0, 0.05) is 23.9 Å². The second-order valence-corrected chi connectivity index (χ2v) is 6.32. The molecule has 0 unspecified atom stereocenters. The van der Waals surface area contributed by atoms with Gasteiger partial charge >= 0.3 is 0 Å². The fourth-order valence-electron chi connectivity index (χ4n) is 3.49. The van der Waals surface area contributed by atoms with Crippen molar-refractivity contribution < 1.29 is 14.2 Å². The molecule has 0 spiro atoms. The molecular formula is C22H22N2O3. The molecule has 0 N–H and O–H groups in total. The van der Waals surface area contributed by atoms with E-state index in [1.807, 2.05) is 18.2 Å². The van der Waals surface area contributed by atoms with Crippen LogP contribution in [0.25, 0.3) is 11.1 Å². The van der Waals surface area contributed by atoms with Gasteiger partial charge in [0.1, 0.15) is 0 Å². The summed E-state index contributed by atoms with van der Waals surface area (Å²) in [6, 6.07) is 16.5. The zero-order valence-electron chi connectivity index (χ0n) is 15.7. The molecule has 0 saturated heterocycles. The number of hydrogen-bond donors (Lipinski definition) is 0. The third-order valence-electron chi connectivity index (χ3n) is 4.80. The Bertz CT molecular complexity index is 965. The van der Waals surface area contributed by atoms with Gasteiger partial charge < -0.3 is 18.8 Å². The van der Waals surface area contributed by atoms with Crippen LogP contribution in [0.15, 0.2) is 59.7 Å². The third kappa shape index (κ3) is 3.05. The number of rotatable bonds is 5. The number of nitrogens with zero attached hydrogens (tertiary/aromatic N) is 2. The highest BCUT2D eigenvalue weighted by Crippen LogP contribution is 2.39. The number of aliphatic imine (C=N–C) groups is 1. The van der Waals surface area contributed by atoms with E-state index in [2.05, 4.69) is 41.1 Å². The Hall–Kier alpha value is -3.21. The number of benzene rings is 2. The largest absolute Gasteiger partial charge is 0.493 e. The van der Waals surface area contributed by atoms with Gasteiger partial charge in [0.05, 0.1) is 39.3 Å². The molecule has 5 heteroatoms. The maximum Gasteiger partial charge on any atom is 0.203 e. The molecule has 0 fully saturated rings. The Morgan fingerprint density at radius 2 is 1.52 bits per heavy atom. The molecule has 0 saturated carbocycles. The highest BCUT2D eigenvalue weighted by atomic mass is 16.5. The Balaban J connectivity index is 1.81. The van der Waals surface area contributed by atoms with Gasteiger partial charge in [-0.1, -0.05) is 30.3 Å². The minimum atomic E-state index is 0.584. The first kappa shape index (κ1) is 17.2. The average molecular weight is 362 g/mol. The molecule has 0 radical (unpaired) electrons. The predicted molar refractivity (Wildman–Crippen MR) is 106 cm³/mol. The summed E-state index contributed by atoms with van der Waals surface area (Å²) >= 11 is 0. The molecule has 0 bridgehead atoms. The lowest BCUT2D eigenvalue weighted by Crippen LogP contribution is -2.18. The molecule has 1 aliphatic heterocycles. The molecule has 3 aromatic rings. The Morgan fingerprint density at radius 1 is 0.815 bits per heavy atom. The van der Waals surface area contributed by atoms with Crippen molar-refractivity contribution in [3.05, 3.63) is 66.0 Å². The lowest BCUT2D eigenvalue weighted by atomic mass is 10.0. The van der Waals surface area contributed by atoms with Gasteiger partial charge in [0.2, 0.25) is 5.75 Å². The van der Waals surface area contributed by atoms with Gasteiger partial charge in [-0.25, -0.2) is 0 Å². The van der Waals surface area contributed by atoms with Crippen LogP contribution in [0.4, 0.5) is 0 Å². The minimum absolute atomic E-state index is 0.584. The highest BCUT2D eigenvalue weighted by molar-refractivity contribution is 6.13. The quantitative estimate of drug-likeness (QED) is 0.688. The van der Waals surface area contributed by atoms with E-state index in [0.717, 1.165) is 30.1 Å². The Labute approximate surface area is 158 Å². The van der Waals surface area contributed by atoms with Gasteiger partial charge in [-0.2, -0.15) is 0 Å². The van der Waals surface area contributed by atoms with E-state index in [1.54, 1.807) is 21.3 Å². The van der Waals surface area contributed by atoms with Crippen LogP contribution in [0.1, 0.15) is 11.3 Å². The van der Waals surface area contributed by atoms with E-state index in [1.165, 1.54) is 11.1 Å². The van der Waals surface area contributed by atoms with Crippen molar-refractivity contribution >= 4 is 5.71 Å². The summed E-state index contributed by atoms with van der Waals surface area (Å²) in [6.45, 7) is 1.61.